The lowest BCUT2D eigenvalue weighted by Crippen LogP contribution is -2.11. The predicted molar refractivity (Wildman–Crippen MR) is 77.6 cm³/mol. The molecule has 0 fully saturated rings. The normalized spacial score (nSPS) is 10.3. The Morgan fingerprint density at radius 2 is 2.10 bits per heavy atom. The minimum atomic E-state index is -1.08. The number of pyridine rings is 1. The van der Waals surface area contributed by atoms with E-state index in [2.05, 4.69) is 10.3 Å². The van der Waals surface area contributed by atoms with Gasteiger partial charge in [0.25, 0.3) is 5.91 Å². The number of hydrogen-bond donors (Lipinski definition) is 2. The van der Waals surface area contributed by atoms with Crippen molar-refractivity contribution in [3.05, 3.63) is 45.4 Å². The van der Waals surface area contributed by atoms with Crippen LogP contribution in [0.15, 0.2) is 24.5 Å². The summed E-state index contributed by atoms with van der Waals surface area (Å²) in [4.78, 5) is 28.5. The first-order valence-corrected chi connectivity index (χ1v) is 6.92. The summed E-state index contributed by atoms with van der Waals surface area (Å²) in [6, 6.07) is 3.25. The number of hydrogen-bond acceptors (Lipinski definition) is 4. The molecule has 2 aromatic heterocycles. The fraction of sp³-hybridized carbons (Fsp3) is 0.214. The van der Waals surface area contributed by atoms with Gasteiger partial charge in [-0.25, -0.2) is 4.79 Å². The van der Waals surface area contributed by atoms with Crippen LogP contribution in [0, 0.1) is 6.92 Å². The largest absolute Gasteiger partial charge is 0.478 e. The summed E-state index contributed by atoms with van der Waals surface area (Å²) in [5.41, 5.74) is 1.57. The zero-order valence-electron chi connectivity index (χ0n) is 11.1. The van der Waals surface area contributed by atoms with Gasteiger partial charge < -0.3 is 10.4 Å². The Hall–Kier alpha value is -2.21. The van der Waals surface area contributed by atoms with Gasteiger partial charge in [-0.2, -0.15) is 0 Å². The highest BCUT2D eigenvalue weighted by atomic mass is 32.1. The molecule has 2 aromatic rings. The van der Waals surface area contributed by atoms with Crippen LogP contribution < -0.4 is 5.32 Å². The van der Waals surface area contributed by atoms with Gasteiger partial charge in [0.2, 0.25) is 0 Å². The van der Waals surface area contributed by atoms with E-state index in [0.717, 1.165) is 16.9 Å². The minimum absolute atomic E-state index is 0.0411. The molecule has 0 spiro atoms. The Kier molecular flexibility index (Phi) is 4.14. The number of rotatable bonds is 4. The number of nitrogens with one attached hydrogen (secondary N) is 1. The summed E-state index contributed by atoms with van der Waals surface area (Å²) < 4.78 is 0. The quantitative estimate of drug-likeness (QED) is 0.907. The van der Waals surface area contributed by atoms with Crippen LogP contribution in [0.5, 0.6) is 0 Å². The third-order valence-electron chi connectivity index (χ3n) is 2.87. The average Bonchev–Trinajstić information content (AvgIpc) is 2.80. The van der Waals surface area contributed by atoms with E-state index in [-0.39, 0.29) is 11.5 Å². The number of aryl methyl sites for hydroxylation is 2. The molecule has 1 amide bonds. The number of anilines is 1. The molecule has 2 rings (SSSR count). The third kappa shape index (κ3) is 3.03. The number of carbonyl (C=O) groups is 2. The van der Waals surface area contributed by atoms with Gasteiger partial charge in [0.1, 0.15) is 0 Å². The number of carboxylic acids is 1. The summed E-state index contributed by atoms with van der Waals surface area (Å²) in [5.74, 6) is -1.32. The van der Waals surface area contributed by atoms with E-state index < -0.39 is 5.97 Å². The Balaban J connectivity index is 2.18. The number of aromatic carboxylic acids is 1. The minimum Gasteiger partial charge on any atom is -0.478 e. The molecule has 20 heavy (non-hydrogen) atoms. The first-order chi connectivity index (χ1) is 9.51. The maximum Gasteiger partial charge on any atom is 0.337 e. The Bertz CT molecular complexity index is 664. The van der Waals surface area contributed by atoms with Gasteiger partial charge in [-0.1, -0.05) is 6.92 Å². The van der Waals surface area contributed by atoms with E-state index in [1.165, 1.54) is 29.8 Å². The fourth-order valence-electron chi connectivity index (χ4n) is 1.80. The summed E-state index contributed by atoms with van der Waals surface area (Å²) in [5, 5.41) is 11.5. The molecule has 0 bridgehead atoms. The lowest BCUT2D eigenvalue weighted by Gasteiger charge is -2.03. The molecular formula is C14H14N2O3S. The van der Waals surface area contributed by atoms with Gasteiger partial charge in [-0.3, -0.25) is 9.78 Å². The molecule has 0 aliphatic rings. The van der Waals surface area contributed by atoms with Crippen molar-refractivity contribution in [2.75, 3.05) is 5.32 Å². The second-order valence-corrected chi connectivity index (χ2v) is 5.52. The molecule has 5 nitrogen and oxygen atoms in total. The van der Waals surface area contributed by atoms with Crippen LogP contribution in [-0.2, 0) is 6.42 Å². The van der Waals surface area contributed by atoms with E-state index in [1.807, 2.05) is 19.9 Å². The maximum absolute atomic E-state index is 12.1. The van der Waals surface area contributed by atoms with Crippen molar-refractivity contribution in [2.45, 2.75) is 20.3 Å². The second kappa shape index (κ2) is 5.83. The fourth-order valence-corrected chi connectivity index (χ4v) is 2.81. The van der Waals surface area contributed by atoms with E-state index in [0.29, 0.717) is 10.6 Å². The SMILES string of the molecule is CCc1cc(C(=O)Nc2cncc(C(=O)O)c2)sc1C. The van der Waals surface area contributed by atoms with Gasteiger partial charge in [0, 0.05) is 11.1 Å². The molecular weight excluding hydrogens is 276 g/mol. The monoisotopic (exact) mass is 290 g/mol. The van der Waals surface area contributed by atoms with Gasteiger partial charge in [-0.05, 0) is 31.0 Å². The van der Waals surface area contributed by atoms with Gasteiger partial charge in [-0.15, -0.1) is 11.3 Å². The Morgan fingerprint density at radius 3 is 2.70 bits per heavy atom. The predicted octanol–water partition coefficient (Wildman–Crippen LogP) is 2.96. The number of thiophene rings is 1. The van der Waals surface area contributed by atoms with E-state index in [9.17, 15) is 9.59 Å². The van der Waals surface area contributed by atoms with Crippen molar-refractivity contribution >= 4 is 28.9 Å². The molecule has 0 unspecified atom stereocenters. The first-order valence-electron chi connectivity index (χ1n) is 6.10. The average molecular weight is 290 g/mol. The molecule has 104 valence electrons. The molecule has 0 radical (unpaired) electrons. The van der Waals surface area contributed by atoms with Crippen molar-refractivity contribution < 1.29 is 14.7 Å². The zero-order chi connectivity index (χ0) is 14.7. The van der Waals surface area contributed by atoms with Crippen LogP contribution in [0.3, 0.4) is 0 Å². The zero-order valence-corrected chi connectivity index (χ0v) is 12.0. The summed E-state index contributed by atoms with van der Waals surface area (Å²) in [7, 11) is 0. The van der Waals surface area contributed by atoms with E-state index in [1.54, 1.807) is 0 Å². The molecule has 0 saturated heterocycles. The highest BCUT2D eigenvalue weighted by Crippen LogP contribution is 2.23. The lowest BCUT2D eigenvalue weighted by molar-refractivity contribution is 0.0696. The molecule has 0 atom stereocenters. The number of nitrogens with zero attached hydrogens (tertiary/aromatic N) is 1. The summed E-state index contributed by atoms with van der Waals surface area (Å²) in [6.45, 7) is 4.02. The molecule has 6 heteroatoms. The van der Waals surface area contributed by atoms with Crippen LogP contribution in [0.4, 0.5) is 5.69 Å². The molecule has 2 heterocycles. The van der Waals surface area contributed by atoms with Crippen LogP contribution >= 0.6 is 11.3 Å². The van der Waals surface area contributed by atoms with Crippen LogP contribution in [0.25, 0.3) is 0 Å². The molecule has 0 aliphatic heterocycles. The smallest absolute Gasteiger partial charge is 0.337 e. The molecule has 0 aliphatic carbocycles. The number of carbonyl (C=O) groups excluding carboxylic acids is 1. The van der Waals surface area contributed by atoms with Gasteiger partial charge in [0.05, 0.1) is 22.3 Å². The van der Waals surface area contributed by atoms with Crippen LogP contribution in [0.1, 0.15) is 37.4 Å². The Morgan fingerprint density at radius 1 is 1.35 bits per heavy atom. The van der Waals surface area contributed by atoms with Gasteiger partial charge in [0.15, 0.2) is 0 Å². The van der Waals surface area contributed by atoms with E-state index >= 15 is 0 Å². The number of carboxylic acid groups (broad SMARTS) is 1. The van der Waals surface area contributed by atoms with Crippen molar-refractivity contribution in [1.82, 2.24) is 4.98 Å². The first kappa shape index (κ1) is 14.2. The Labute approximate surface area is 120 Å². The highest BCUT2D eigenvalue weighted by molar-refractivity contribution is 7.14. The second-order valence-electron chi connectivity index (χ2n) is 4.27. The number of aromatic nitrogens is 1. The lowest BCUT2D eigenvalue weighted by atomic mass is 10.2. The van der Waals surface area contributed by atoms with E-state index in [4.69, 9.17) is 5.11 Å². The molecule has 0 saturated carbocycles. The van der Waals surface area contributed by atoms with Crippen molar-refractivity contribution in [2.24, 2.45) is 0 Å². The van der Waals surface area contributed by atoms with Crippen LogP contribution in [-0.4, -0.2) is 22.0 Å². The van der Waals surface area contributed by atoms with Gasteiger partial charge >= 0.3 is 5.97 Å². The number of amides is 1. The highest BCUT2D eigenvalue weighted by Gasteiger charge is 2.13. The maximum atomic E-state index is 12.1. The standard InChI is InChI=1S/C14H14N2O3S/c1-3-9-5-12(20-8(9)2)13(17)16-11-4-10(14(18)19)6-15-7-11/h4-7H,3H2,1-2H3,(H,16,17)(H,18,19). The molecule has 0 aromatic carbocycles. The van der Waals surface area contributed by atoms with Crippen molar-refractivity contribution in [1.29, 1.82) is 0 Å². The summed E-state index contributed by atoms with van der Waals surface area (Å²) >= 11 is 1.43. The van der Waals surface area contributed by atoms with Crippen molar-refractivity contribution in [3.8, 4) is 0 Å². The summed E-state index contributed by atoms with van der Waals surface area (Å²) in [6.07, 6.45) is 3.54. The molecule has 2 N–H and O–H groups in total. The topological polar surface area (TPSA) is 79.3 Å². The van der Waals surface area contributed by atoms with Crippen molar-refractivity contribution in [3.63, 3.8) is 0 Å². The van der Waals surface area contributed by atoms with Crippen LogP contribution in [0.2, 0.25) is 0 Å². The third-order valence-corrected chi connectivity index (χ3v) is 3.96.